The molecule has 4 nitrogen and oxygen atoms in total. The van der Waals surface area contributed by atoms with Gasteiger partial charge in [0.25, 0.3) is 0 Å². The average Bonchev–Trinajstić information content (AvgIpc) is 3.25. The molecule has 1 amide bonds. The van der Waals surface area contributed by atoms with Crippen molar-refractivity contribution < 1.29 is 13.9 Å². The molecule has 1 fully saturated rings. The highest BCUT2D eigenvalue weighted by Gasteiger charge is 2.17. The molecule has 1 aliphatic rings. The number of hydrogen-bond donors (Lipinski definition) is 1. The summed E-state index contributed by atoms with van der Waals surface area (Å²) in [5.74, 6) is 2.61. The lowest BCUT2D eigenvalue weighted by Crippen LogP contribution is -2.32. The molecule has 4 heteroatoms. The lowest BCUT2D eigenvalue weighted by Gasteiger charge is -2.11. The molecule has 1 heterocycles. The van der Waals surface area contributed by atoms with Crippen molar-refractivity contribution in [2.24, 2.45) is 0 Å². The normalized spacial score (nSPS) is 14.8. The molecule has 1 saturated carbocycles. The molecule has 0 aliphatic heterocycles. The largest absolute Gasteiger partial charge is 0.497 e. The van der Waals surface area contributed by atoms with E-state index >= 15 is 0 Å². The van der Waals surface area contributed by atoms with E-state index in [4.69, 9.17) is 9.15 Å². The number of carbonyl (C=O) groups is 1. The van der Waals surface area contributed by atoms with Gasteiger partial charge in [-0.2, -0.15) is 0 Å². The fraction of sp³-hybridized carbons (Fsp3) is 0.421. The van der Waals surface area contributed by atoms with E-state index in [1.165, 1.54) is 12.8 Å². The topological polar surface area (TPSA) is 51.5 Å². The number of ether oxygens (including phenoxy) is 1. The number of carbonyl (C=O) groups excluding carboxylic acids is 1. The van der Waals surface area contributed by atoms with E-state index in [9.17, 15) is 4.79 Å². The van der Waals surface area contributed by atoms with Crippen LogP contribution in [0.4, 0.5) is 0 Å². The third-order valence-electron chi connectivity index (χ3n) is 4.35. The van der Waals surface area contributed by atoms with Crippen LogP contribution in [0.3, 0.4) is 0 Å². The summed E-state index contributed by atoms with van der Waals surface area (Å²) in [6, 6.07) is 12.0. The number of rotatable bonds is 6. The van der Waals surface area contributed by atoms with Crippen LogP contribution in [0, 0.1) is 0 Å². The van der Waals surface area contributed by atoms with Crippen molar-refractivity contribution in [3.05, 3.63) is 42.2 Å². The van der Waals surface area contributed by atoms with Crippen LogP contribution in [0.5, 0.6) is 5.75 Å². The van der Waals surface area contributed by atoms with Crippen LogP contribution >= 0.6 is 0 Å². The zero-order chi connectivity index (χ0) is 16.1. The van der Waals surface area contributed by atoms with Gasteiger partial charge in [-0.25, -0.2) is 0 Å². The molecular formula is C19H23NO3. The lowest BCUT2D eigenvalue weighted by atomic mass is 10.2. The molecule has 0 unspecified atom stereocenters. The van der Waals surface area contributed by atoms with Crippen LogP contribution in [-0.4, -0.2) is 19.1 Å². The van der Waals surface area contributed by atoms with E-state index in [1.54, 1.807) is 7.11 Å². The first kappa shape index (κ1) is 15.7. The van der Waals surface area contributed by atoms with Gasteiger partial charge in [-0.05, 0) is 49.2 Å². The highest BCUT2D eigenvalue weighted by molar-refractivity contribution is 5.76. The molecule has 3 rings (SSSR count). The van der Waals surface area contributed by atoms with E-state index in [0.717, 1.165) is 35.7 Å². The summed E-state index contributed by atoms with van der Waals surface area (Å²) >= 11 is 0. The summed E-state index contributed by atoms with van der Waals surface area (Å²) in [5.41, 5.74) is 1.01. The van der Waals surface area contributed by atoms with Crippen LogP contribution in [0.2, 0.25) is 0 Å². The van der Waals surface area contributed by atoms with Crippen LogP contribution in [0.25, 0.3) is 11.3 Å². The second kappa shape index (κ2) is 7.36. The summed E-state index contributed by atoms with van der Waals surface area (Å²) in [7, 11) is 1.65. The SMILES string of the molecule is COc1ccc(-c2ccc(CCC(=O)NC3CCCC3)o2)cc1. The second-order valence-corrected chi connectivity index (χ2v) is 6.04. The van der Waals surface area contributed by atoms with Crippen molar-refractivity contribution in [2.45, 2.75) is 44.6 Å². The molecule has 2 aromatic rings. The first-order chi connectivity index (χ1) is 11.2. The monoisotopic (exact) mass is 313 g/mol. The molecule has 1 aromatic carbocycles. The van der Waals surface area contributed by atoms with E-state index in [1.807, 2.05) is 36.4 Å². The Balaban J connectivity index is 1.53. The van der Waals surface area contributed by atoms with Gasteiger partial charge in [0, 0.05) is 24.4 Å². The third-order valence-corrected chi connectivity index (χ3v) is 4.35. The zero-order valence-corrected chi connectivity index (χ0v) is 13.5. The number of nitrogens with one attached hydrogen (secondary N) is 1. The van der Waals surface area contributed by atoms with Crippen molar-refractivity contribution in [3.8, 4) is 17.1 Å². The molecule has 0 bridgehead atoms. The minimum atomic E-state index is 0.124. The van der Waals surface area contributed by atoms with Crippen molar-refractivity contribution in [3.63, 3.8) is 0 Å². The van der Waals surface area contributed by atoms with Crippen molar-refractivity contribution in [2.75, 3.05) is 7.11 Å². The first-order valence-corrected chi connectivity index (χ1v) is 8.27. The third kappa shape index (κ3) is 4.15. The Morgan fingerprint density at radius 2 is 1.91 bits per heavy atom. The second-order valence-electron chi connectivity index (χ2n) is 6.04. The Morgan fingerprint density at radius 1 is 1.17 bits per heavy atom. The summed E-state index contributed by atoms with van der Waals surface area (Å²) in [4.78, 5) is 12.0. The Hall–Kier alpha value is -2.23. The standard InChI is InChI=1S/C19H23NO3/c1-22-16-8-6-14(7-9-16)18-12-10-17(23-18)11-13-19(21)20-15-4-2-3-5-15/h6-10,12,15H,2-5,11,13H2,1H3,(H,20,21). The lowest BCUT2D eigenvalue weighted by molar-refractivity contribution is -0.121. The van der Waals surface area contributed by atoms with Crippen molar-refractivity contribution >= 4 is 5.91 Å². The summed E-state index contributed by atoms with van der Waals surface area (Å²) in [5, 5.41) is 3.11. The van der Waals surface area contributed by atoms with Crippen LogP contribution in [0.1, 0.15) is 37.9 Å². The number of amides is 1. The number of benzene rings is 1. The van der Waals surface area contributed by atoms with Crippen LogP contribution in [0.15, 0.2) is 40.8 Å². The molecule has 122 valence electrons. The highest BCUT2D eigenvalue weighted by atomic mass is 16.5. The van der Waals surface area contributed by atoms with Gasteiger partial charge in [0.2, 0.25) is 5.91 Å². The van der Waals surface area contributed by atoms with Crippen molar-refractivity contribution in [1.82, 2.24) is 5.32 Å². The van der Waals surface area contributed by atoms with Gasteiger partial charge in [-0.3, -0.25) is 4.79 Å². The van der Waals surface area contributed by atoms with E-state index in [0.29, 0.717) is 18.9 Å². The molecule has 0 spiro atoms. The van der Waals surface area contributed by atoms with E-state index in [2.05, 4.69) is 5.32 Å². The fourth-order valence-electron chi connectivity index (χ4n) is 3.03. The van der Waals surface area contributed by atoms with Gasteiger partial charge in [-0.1, -0.05) is 12.8 Å². The maximum absolute atomic E-state index is 12.0. The van der Waals surface area contributed by atoms with Crippen molar-refractivity contribution in [1.29, 1.82) is 0 Å². The number of methoxy groups -OCH3 is 1. The predicted molar refractivity (Wildman–Crippen MR) is 89.4 cm³/mol. The number of hydrogen-bond acceptors (Lipinski definition) is 3. The summed E-state index contributed by atoms with van der Waals surface area (Å²) in [6.07, 6.45) is 5.81. The smallest absolute Gasteiger partial charge is 0.220 e. The average molecular weight is 313 g/mol. The van der Waals surface area contributed by atoms with Gasteiger partial charge < -0.3 is 14.5 Å². The van der Waals surface area contributed by atoms with Gasteiger partial charge in [0.05, 0.1) is 7.11 Å². The minimum Gasteiger partial charge on any atom is -0.497 e. The summed E-state index contributed by atoms with van der Waals surface area (Å²) < 4.78 is 11.0. The predicted octanol–water partition coefficient (Wildman–Crippen LogP) is 3.95. The molecule has 1 aromatic heterocycles. The maximum Gasteiger partial charge on any atom is 0.220 e. The molecule has 1 N–H and O–H groups in total. The molecule has 23 heavy (non-hydrogen) atoms. The molecule has 0 saturated heterocycles. The number of aryl methyl sites for hydroxylation is 1. The van der Waals surface area contributed by atoms with Gasteiger partial charge in [0.15, 0.2) is 0 Å². The quantitative estimate of drug-likeness (QED) is 0.878. The number of furan rings is 1. The van der Waals surface area contributed by atoms with Gasteiger partial charge in [0.1, 0.15) is 17.3 Å². The molecule has 0 atom stereocenters. The fourth-order valence-corrected chi connectivity index (χ4v) is 3.03. The Morgan fingerprint density at radius 3 is 2.61 bits per heavy atom. The Bertz CT molecular complexity index is 639. The maximum atomic E-state index is 12.0. The van der Waals surface area contributed by atoms with Crippen LogP contribution in [-0.2, 0) is 11.2 Å². The highest BCUT2D eigenvalue weighted by Crippen LogP contribution is 2.25. The molecule has 1 aliphatic carbocycles. The van der Waals surface area contributed by atoms with E-state index in [-0.39, 0.29) is 5.91 Å². The first-order valence-electron chi connectivity index (χ1n) is 8.27. The van der Waals surface area contributed by atoms with E-state index < -0.39 is 0 Å². The molecular weight excluding hydrogens is 290 g/mol. The Labute approximate surface area is 136 Å². The minimum absolute atomic E-state index is 0.124. The van der Waals surface area contributed by atoms with Gasteiger partial charge >= 0.3 is 0 Å². The Kier molecular flexibility index (Phi) is 5.01. The molecule has 0 radical (unpaired) electrons. The van der Waals surface area contributed by atoms with Gasteiger partial charge in [-0.15, -0.1) is 0 Å². The van der Waals surface area contributed by atoms with Crippen LogP contribution < -0.4 is 10.1 Å². The summed E-state index contributed by atoms with van der Waals surface area (Å²) in [6.45, 7) is 0. The zero-order valence-electron chi connectivity index (χ0n) is 13.5.